The van der Waals surface area contributed by atoms with Gasteiger partial charge in [-0.3, -0.25) is 9.59 Å². The van der Waals surface area contributed by atoms with Gasteiger partial charge in [-0.1, -0.05) is 24.3 Å². The molecular formula is C14H14N2O3S. The first-order chi connectivity index (χ1) is 9.54. The van der Waals surface area contributed by atoms with Crippen LogP contribution in [0.5, 0.6) is 0 Å². The number of carbonyl (C=O) groups is 2. The van der Waals surface area contributed by atoms with Crippen LogP contribution in [0.15, 0.2) is 29.6 Å². The minimum absolute atomic E-state index is 0.128. The molecule has 0 bridgehead atoms. The van der Waals surface area contributed by atoms with Crippen LogP contribution in [0.1, 0.15) is 18.9 Å². The first-order valence-electron chi connectivity index (χ1n) is 6.09. The summed E-state index contributed by atoms with van der Waals surface area (Å²) in [5.41, 5.74) is 2.72. The molecular weight excluding hydrogens is 276 g/mol. The van der Waals surface area contributed by atoms with E-state index in [2.05, 4.69) is 10.3 Å². The van der Waals surface area contributed by atoms with Gasteiger partial charge in [-0.25, -0.2) is 4.98 Å². The second kappa shape index (κ2) is 6.29. The number of carboxylic acids is 1. The minimum Gasteiger partial charge on any atom is -0.481 e. The van der Waals surface area contributed by atoms with E-state index < -0.39 is 5.97 Å². The Hall–Kier alpha value is -2.21. The van der Waals surface area contributed by atoms with Crippen molar-refractivity contribution in [3.63, 3.8) is 0 Å². The molecule has 0 radical (unpaired) electrons. The molecule has 104 valence electrons. The van der Waals surface area contributed by atoms with E-state index in [4.69, 9.17) is 5.11 Å². The highest BCUT2D eigenvalue weighted by atomic mass is 32.1. The van der Waals surface area contributed by atoms with Gasteiger partial charge < -0.3 is 10.4 Å². The van der Waals surface area contributed by atoms with Gasteiger partial charge in [0.1, 0.15) is 0 Å². The summed E-state index contributed by atoms with van der Waals surface area (Å²) < 4.78 is 0. The lowest BCUT2D eigenvalue weighted by atomic mass is 10.1. The molecule has 0 spiro atoms. The predicted molar refractivity (Wildman–Crippen MR) is 77.8 cm³/mol. The predicted octanol–water partition coefficient (Wildman–Crippen LogP) is 2.79. The monoisotopic (exact) mass is 290 g/mol. The number of carboxylic acid groups (broad SMARTS) is 1. The Morgan fingerprint density at radius 1 is 1.30 bits per heavy atom. The van der Waals surface area contributed by atoms with Crippen molar-refractivity contribution in [2.45, 2.75) is 19.8 Å². The molecule has 6 heteroatoms. The first-order valence-corrected chi connectivity index (χ1v) is 6.97. The minimum atomic E-state index is -0.798. The van der Waals surface area contributed by atoms with Gasteiger partial charge in [0.05, 0.1) is 5.69 Å². The molecule has 1 heterocycles. The number of anilines is 1. The number of hydrogen-bond acceptors (Lipinski definition) is 4. The van der Waals surface area contributed by atoms with Crippen molar-refractivity contribution >= 4 is 28.3 Å². The number of nitrogens with one attached hydrogen (secondary N) is 1. The van der Waals surface area contributed by atoms with Gasteiger partial charge in [-0.2, -0.15) is 0 Å². The second-order valence-electron chi connectivity index (χ2n) is 4.31. The maximum atomic E-state index is 10.9. The molecule has 1 amide bonds. The topological polar surface area (TPSA) is 79.3 Å². The fourth-order valence-electron chi connectivity index (χ4n) is 1.71. The fraction of sp³-hybridized carbons (Fsp3) is 0.214. The molecule has 0 fully saturated rings. The van der Waals surface area contributed by atoms with E-state index in [9.17, 15) is 9.59 Å². The van der Waals surface area contributed by atoms with Crippen LogP contribution in [0, 0.1) is 0 Å². The van der Waals surface area contributed by atoms with Crippen molar-refractivity contribution in [2.75, 3.05) is 5.32 Å². The molecule has 2 N–H and O–H groups in total. The molecule has 0 aliphatic rings. The lowest BCUT2D eigenvalue weighted by molar-refractivity contribution is -0.137. The van der Waals surface area contributed by atoms with Crippen molar-refractivity contribution in [3.05, 3.63) is 35.2 Å². The van der Waals surface area contributed by atoms with Crippen LogP contribution in [0.2, 0.25) is 0 Å². The number of aliphatic carboxylic acids is 1. The number of nitrogens with zero attached hydrogens (tertiary/aromatic N) is 1. The molecule has 2 rings (SSSR count). The van der Waals surface area contributed by atoms with Gasteiger partial charge in [0.15, 0.2) is 5.13 Å². The summed E-state index contributed by atoms with van der Waals surface area (Å²) in [6.45, 7) is 1.44. The maximum absolute atomic E-state index is 10.9. The van der Waals surface area contributed by atoms with Crippen LogP contribution in [0.3, 0.4) is 0 Å². The van der Waals surface area contributed by atoms with Gasteiger partial charge in [-0.15, -0.1) is 11.3 Å². The molecule has 0 saturated heterocycles. The van der Waals surface area contributed by atoms with Gasteiger partial charge in [0.25, 0.3) is 0 Å². The number of aromatic nitrogens is 1. The zero-order chi connectivity index (χ0) is 14.5. The third-order valence-electron chi connectivity index (χ3n) is 2.66. The van der Waals surface area contributed by atoms with Crippen LogP contribution in [-0.2, 0) is 16.0 Å². The zero-order valence-corrected chi connectivity index (χ0v) is 11.7. The fourth-order valence-corrected chi connectivity index (χ4v) is 2.47. The van der Waals surface area contributed by atoms with Crippen molar-refractivity contribution in [2.24, 2.45) is 0 Å². The molecule has 1 aromatic heterocycles. The molecule has 0 saturated carbocycles. The molecule has 1 aromatic carbocycles. The summed E-state index contributed by atoms with van der Waals surface area (Å²) in [4.78, 5) is 25.8. The summed E-state index contributed by atoms with van der Waals surface area (Å²) >= 11 is 1.37. The number of rotatable bonds is 5. The molecule has 0 atom stereocenters. The highest BCUT2D eigenvalue weighted by Crippen LogP contribution is 2.25. The molecule has 0 aliphatic heterocycles. The van der Waals surface area contributed by atoms with Gasteiger partial charge in [0, 0.05) is 24.3 Å². The molecule has 0 aliphatic carbocycles. The van der Waals surface area contributed by atoms with Gasteiger partial charge in [0.2, 0.25) is 5.91 Å². The van der Waals surface area contributed by atoms with E-state index in [-0.39, 0.29) is 12.3 Å². The van der Waals surface area contributed by atoms with Gasteiger partial charge >= 0.3 is 5.97 Å². The van der Waals surface area contributed by atoms with E-state index in [0.717, 1.165) is 16.8 Å². The standard InChI is InChI=1S/C14H14N2O3S/c1-9(17)15-14-16-12(8-20-14)11-5-2-10(3-6-11)4-7-13(18)19/h2-3,5-6,8H,4,7H2,1H3,(H,18,19)(H,15,16,17). The Bertz CT molecular complexity index is 620. The quantitative estimate of drug-likeness (QED) is 0.887. The van der Waals surface area contributed by atoms with Gasteiger partial charge in [-0.05, 0) is 12.0 Å². The molecule has 0 unspecified atom stereocenters. The van der Waals surface area contributed by atoms with E-state index in [1.54, 1.807) is 0 Å². The Balaban J connectivity index is 2.07. The number of aryl methyl sites for hydroxylation is 1. The summed E-state index contributed by atoms with van der Waals surface area (Å²) in [5.74, 6) is -0.941. The van der Waals surface area contributed by atoms with Crippen LogP contribution in [-0.4, -0.2) is 22.0 Å². The van der Waals surface area contributed by atoms with E-state index >= 15 is 0 Å². The zero-order valence-electron chi connectivity index (χ0n) is 10.9. The summed E-state index contributed by atoms with van der Waals surface area (Å²) in [7, 11) is 0. The molecule has 5 nitrogen and oxygen atoms in total. The third kappa shape index (κ3) is 3.89. The van der Waals surface area contributed by atoms with E-state index in [1.807, 2.05) is 29.6 Å². The highest BCUT2D eigenvalue weighted by Gasteiger charge is 2.06. The Kier molecular flexibility index (Phi) is 4.47. The van der Waals surface area contributed by atoms with Crippen LogP contribution >= 0.6 is 11.3 Å². The SMILES string of the molecule is CC(=O)Nc1nc(-c2ccc(CCC(=O)O)cc2)cs1. The van der Waals surface area contributed by atoms with E-state index in [0.29, 0.717) is 11.6 Å². The second-order valence-corrected chi connectivity index (χ2v) is 5.17. The number of carbonyl (C=O) groups excluding carboxylic acids is 1. The Morgan fingerprint density at radius 3 is 2.60 bits per heavy atom. The van der Waals surface area contributed by atoms with E-state index in [1.165, 1.54) is 18.3 Å². The summed E-state index contributed by atoms with van der Waals surface area (Å²) in [5, 5.41) is 13.7. The normalized spacial score (nSPS) is 10.2. The molecule has 20 heavy (non-hydrogen) atoms. The summed E-state index contributed by atoms with van der Waals surface area (Å²) in [6.07, 6.45) is 0.645. The first kappa shape index (κ1) is 14.2. The lowest BCUT2D eigenvalue weighted by Crippen LogP contribution is -2.04. The van der Waals surface area contributed by atoms with Crippen molar-refractivity contribution in [1.82, 2.24) is 4.98 Å². The number of amides is 1. The number of benzene rings is 1. The summed E-state index contributed by atoms with van der Waals surface area (Å²) in [6, 6.07) is 7.61. The van der Waals surface area contributed by atoms with Crippen molar-refractivity contribution < 1.29 is 14.7 Å². The average Bonchev–Trinajstić information content (AvgIpc) is 2.84. The van der Waals surface area contributed by atoms with Crippen molar-refractivity contribution in [1.29, 1.82) is 0 Å². The smallest absolute Gasteiger partial charge is 0.303 e. The maximum Gasteiger partial charge on any atom is 0.303 e. The Labute approximate surface area is 120 Å². The highest BCUT2D eigenvalue weighted by molar-refractivity contribution is 7.14. The Morgan fingerprint density at radius 2 is 2.00 bits per heavy atom. The van der Waals surface area contributed by atoms with Crippen LogP contribution in [0.4, 0.5) is 5.13 Å². The third-order valence-corrected chi connectivity index (χ3v) is 3.42. The number of thiazole rings is 1. The van der Waals surface area contributed by atoms with Crippen LogP contribution in [0.25, 0.3) is 11.3 Å². The van der Waals surface area contributed by atoms with Crippen molar-refractivity contribution in [3.8, 4) is 11.3 Å². The lowest BCUT2D eigenvalue weighted by Gasteiger charge is -2.01. The number of hydrogen-bond donors (Lipinski definition) is 2. The largest absolute Gasteiger partial charge is 0.481 e. The molecule has 2 aromatic rings. The van der Waals surface area contributed by atoms with Crippen LogP contribution < -0.4 is 5.32 Å². The average molecular weight is 290 g/mol.